The minimum absolute atomic E-state index is 0.242. The lowest BCUT2D eigenvalue weighted by molar-refractivity contribution is 0.214. The molecule has 1 aliphatic rings. The normalized spacial score (nSPS) is 21.8. The Morgan fingerprint density at radius 1 is 1.54 bits per heavy atom. The van der Waals surface area contributed by atoms with E-state index in [0.29, 0.717) is 11.0 Å². The first kappa shape index (κ1) is 8.78. The smallest absolute Gasteiger partial charge is 0.214 e. The number of halogens is 1. The van der Waals surface area contributed by atoms with E-state index in [-0.39, 0.29) is 6.10 Å². The number of hydrogen-bond donors (Lipinski definition) is 1. The maximum Gasteiger partial charge on any atom is 0.214 e. The Morgan fingerprint density at radius 2 is 2.46 bits per heavy atom. The summed E-state index contributed by atoms with van der Waals surface area (Å²) in [5.74, 6) is 0.612. The van der Waals surface area contributed by atoms with Gasteiger partial charge < -0.3 is 10.1 Å². The van der Waals surface area contributed by atoms with E-state index in [9.17, 15) is 0 Å². The molecule has 1 aliphatic heterocycles. The first-order chi connectivity index (χ1) is 6.34. The molecule has 1 aromatic rings. The third kappa shape index (κ3) is 2.32. The summed E-state index contributed by atoms with van der Waals surface area (Å²) in [6.45, 7) is 1.92. The number of pyridine rings is 1. The van der Waals surface area contributed by atoms with E-state index < -0.39 is 0 Å². The molecule has 4 heteroatoms. The predicted molar refractivity (Wildman–Crippen MR) is 51.1 cm³/mol. The summed E-state index contributed by atoms with van der Waals surface area (Å²) in [7, 11) is 0. The zero-order valence-electron chi connectivity index (χ0n) is 7.16. The lowest BCUT2D eigenvalue weighted by atomic mass is 10.3. The van der Waals surface area contributed by atoms with E-state index in [2.05, 4.69) is 10.3 Å². The molecule has 3 nitrogen and oxygen atoms in total. The van der Waals surface area contributed by atoms with Gasteiger partial charge in [0.1, 0.15) is 11.3 Å². The van der Waals surface area contributed by atoms with Gasteiger partial charge in [0.2, 0.25) is 5.88 Å². The lowest BCUT2D eigenvalue weighted by Gasteiger charge is -2.10. The van der Waals surface area contributed by atoms with Gasteiger partial charge in [0.15, 0.2) is 0 Å². The van der Waals surface area contributed by atoms with Crippen LogP contribution >= 0.6 is 11.6 Å². The molecule has 0 aliphatic carbocycles. The highest BCUT2D eigenvalue weighted by Crippen LogP contribution is 2.14. The van der Waals surface area contributed by atoms with Gasteiger partial charge in [-0.05, 0) is 19.0 Å². The summed E-state index contributed by atoms with van der Waals surface area (Å²) in [4.78, 5) is 4.05. The van der Waals surface area contributed by atoms with Crippen molar-refractivity contribution >= 4 is 11.6 Å². The highest BCUT2D eigenvalue weighted by molar-refractivity contribution is 6.29. The van der Waals surface area contributed by atoms with Gasteiger partial charge in [0, 0.05) is 12.6 Å². The summed E-state index contributed by atoms with van der Waals surface area (Å²) in [5, 5.41) is 3.70. The fraction of sp³-hybridized carbons (Fsp3) is 0.444. The Bertz CT molecular complexity index is 287. The van der Waals surface area contributed by atoms with Crippen molar-refractivity contribution in [2.45, 2.75) is 12.5 Å². The second-order valence-corrected chi connectivity index (χ2v) is 3.42. The lowest BCUT2D eigenvalue weighted by Crippen LogP contribution is -2.19. The molecule has 2 rings (SSSR count). The predicted octanol–water partition coefficient (Wildman–Crippen LogP) is 1.48. The van der Waals surface area contributed by atoms with Crippen molar-refractivity contribution < 1.29 is 4.74 Å². The molecule has 0 bridgehead atoms. The molecule has 1 fully saturated rings. The van der Waals surface area contributed by atoms with Crippen LogP contribution in [0.2, 0.25) is 5.15 Å². The summed E-state index contributed by atoms with van der Waals surface area (Å²) in [6, 6.07) is 5.40. The van der Waals surface area contributed by atoms with E-state index in [4.69, 9.17) is 16.3 Å². The molecule has 0 radical (unpaired) electrons. The van der Waals surface area contributed by atoms with Crippen LogP contribution in [0, 0.1) is 0 Å². The summed E-state index contributed by atoms with van der Waals surface area (Å²) in [5.41, 5.74) is 0. The van der Waals surface area contributed by atoms with Gasteiger partial charge in [-0.25, -0.2) is 4.98 Å². The van der Waals surface area contributed by atoms with Crippen LogP contribution in [0.1, 0.15) is 6.42 Å². The van der Waals surface area contributed by atoms with E-state index in [1.165, 1.54) is 0 Å². The van der Waals surface area contributed by atoms with Gasteiger partial charge in [0.05, 0.1) is 0 Å². The Labute approximate surface area is 82.1 Å². The summed E-state index contributed by atoms with van der Waals surface area (Å²) < 4.78 is 5.60. The molecule has 1 N–H and O–H groups in total. The van der Waals surface area contributed by atoms with Gasteiger partial charge in [-0.2, -0.15) is 0 Å². The summed E-state index contributed by atoms with van der Waals surface area (Å²) >= 11 is 5.72. The minimum atomic E-state index is 0.242. The van der Waals surface area contributed by atoms with Crippen LogP contribution < -0.4 is 10.1 Å². The standard InChI is InChI=1S/C9H11ClN2O/c10-8-2-1-3-9(12-8)13-7-4-5-11-6-7/h1-3,7,11H,4-6H2/t7-/m1/s1. The Morgan fingerprint density at radius 3 is 3.15 bits per heavy atom. The molecule has 1 aromatic heterocycles. The summed E-state index contributed by atoms with van der Waals surface area (Å²) in [6.07, 6.45) is 1.28. The second-order valence-electron chi connectivity index (χ2n) is 3.03. The molecule has 0 spiro atoms. The molecule has 1 atom stereocenters. The van der Waals surface area contributed by atoms with Crippen molar-refractivity contribution in [2.75, 3.05) is 13.1 Å². The largest absolute Gasteiger partial charge is 0.473 e. The van der Waals surface area contributed by atoms with E-state index in [1.54, 1.807) is 6.07 Å². The van der Waals surface area contributed by atoms with Crippen molar-refractivity contribution in [1.82, 2.24) is 10.3 Å². The minimum Gasteiger partial charge on any atom is -0.473 e. The maximum atomic E-state index is 5.72. The topological polar surface area (TPSA) is 34.1 Å². The Hall–Kier alpha value is -0.800. The molecular weight excluding hydrogens is 188 g/mol. The number of ether oxygens (including phenoxy) is 1. The molecule has 0 unspecified atom stereocenters. The third-order valence-corrected chi connectivity index (χ3v) is 2.20. The zero-order valence-corrected chi connectivity index (χ0v) is 7.92. The Balaban J connectivity index is 2.00. The second kappa shape index (κ2) is 3.94. The van der Waals surface area contributed by atoms with Crippen LogP contribution in [0.3, 0.4) is 0 Å². The van der Waals surface area contributed by atoms with Gasteiger partial charge in [-0.1, -0.05) is 17.7 Å². The SMILES string of the molecule is Clc1cccc(O[C@@H]2CCNC2)n1. The average molecular weight is 199 g/mol. The highest BCUT2D eigenvalue weighted by Gasteiger charge is 2.16. The number of hydrogen-bond acceptors (Lipinski definition) is 3. The fourth-order valence-corrected chi connectivity index (χ4v) is 1.51. The van der Waals surface area contributed by atoms with Crippen LogP contribution in [0.25, 0.3) is 0 Å². The van der Waals surface area contributed by atoms with Gasteiger partial charge in [-0.3, -0.25) is 0 Å². The van der Waals surface area contributed by atoms with Crippen LogP contribution in [-0.2, 0) is 0 Å². The first-order valence-corrected chi connectivity index (χ1v) is 4.72. The van der Waals surface area contributed by atoms with Crippen LogP contribution in [0.4, 0.5) is 0 Å². The van der Waals surface area contributed by atoms with Crippen LogP contribution in [0.5, 0.6) is 5.88 Å². The number of nitrogens with one attached hydrogen (secondary N) is 1. The zero-order chi connectivity index (χ0) is 9.10. The van der Waals surface area contributed by atoms with Gasteiger partial charge in [-0.15, -0.1) is 0 Å². The Kier molecular flexibility index (Phi) is 2.66. The molecule has 70 valence electrons. The van der Waals surface area contributed by atoms with Crippen molar-refractivity contribution in [2.24, 2.45) is 0 Å². The van der Waals surface area contributed by atoms with Crippen molar-refractivity contribution in [3.05, 3.63) is 23.4 Å². The number of rotatable bonds is 2. The number of nitrogens with zero attached hydrogens (tertiary/aromatic N) is 1. The van der Waals surface area contributed by atoms with Gasteiger partial charge in [0.25, 0.3) is 0 Å². The molecule has 0 saturated carbocycles. The molecule has 0 aromatic carbocycles. The van der Waals surface area contributed by atoms with E-state index in [0.717, 1.165) is 19.5 Å². The fourth-order valence-electron chi connectivity index (χ4n) is 1.35. The van der Waals surface area contributed by atoms with Crippen molar-refractivity contribution in [1.29, 1.82) is 0 Å². The van der Waals surface area contributed by atoms with Crippen LogP contribution in [0.15, 0.2) is 18.2 Å². The first-order valence-electron chi connectivity index (χ1n) is 4.34. The van der Waals surface area contributed by atoms with Gasteiger partial charge >= 0.3 is 0 Å². The quantitative estimate of drug-likeness (QED) is 0.731. The monoisotopic (exact) mass is 198 g/mol. The molecule has 2 heterocycles. The number of aromatic nitrogens is 1. The molecule has 0 amide bonds. The van der Waals surface area contributed by atoms with Crippen molar-refractivity contribution in [3.8, 4) is 5.88 Å². The van der Waals surface area contributed by atoms with E-state index in [1.807, 2.05) is 12.1 Å². The molecule has 1 saturated heterocycles. The highest BCUT2D eigenvalue weighted by atomic mass is 35.5. The van der Waals surface area contributed by atoms with Crippen LogP contribution in [-0.4, -0.2) is 24.2 Å². The third-order valence-electron chi connectivity index (χ3n) is 1.99. The van der Waals surface area contributed by atoms with E-state index >= 15 is 0 Å². The average Bonchev–Trinajstić information content (AvgIpc) is 2.57. The maximum absolute atomic E-state index is 5.72. The molecular formula is C9H11ClN2O. The van der Waals surface area contributed by atoms with Crippen molar-refractivity contribution in [3.63, 3.8) is 0 Å². The molecule has 13 heavy (non-hydrogen) atoms.